The summed E-state index contributed by atoms with van der Waals surface area (Å²) in [6.45, 7) is 5.03. The number of benzene rings is 4. The highest BCUT2D eigenvalue weighted by Crippen LogP contribution is 2.38. The van der Waals surface area contributed by atoms with Gasteiger partial charge in [0.05, 0.1) is 19.6 Å². The summed E-state index contributed by atoms with van der Waals surface area (Å²) in [5.74, 6) is 0.364. The van der Waals surface area contributed by atoms with E-state index < -0.39 is 5.97 Å². The van der Waals surface area contributed by atoms with Gasteiger partial charge in [-0.25, -0.2) is 4.39 Å². The van der Waals surface area contributed by atoms with Gasteiger partial charge >= 0.3 is 5.97 Å². The van der Waals surface area contributed by atoms with Crippen molar-refractivity contribution in [2.24, 2.45) is 0 Å². The van der Waals surface area contributed by atoms with Crippen molar-refractivity contribution in [3.63, 3.8) is 0 Å². The summed E-state index contributed by atoms with van der Waals surface area (Å²) in [4.78, 5) is 13.3. The zero-order valence-electron chi connectivity index (χ0n) is 23.4. The summed E-state index contributed by atoms with van der Waals surface area (Å²) in [6.07, 6.45) is 3.14. The number of aromatic hydroxyl groups is 1. The molecule has 0 aliphatic heterocycles. The van der Waals surface area contributed by atoms with Crippen molar-refractivity contribution in [2.75, 3.05) is 13.2 Å². The summed E-state index contributed by atoms with van der Waals surface area (Å²) < 4.78 is 25.6. The maximum absolute atomic E-state index is 13.3. The number of carboxylic acid groups (broad SMARTS) is 1. The Labute approximate surface area is 245 Å². The lowest BCUT2D eigenvalue weighted by molar-refractivity contribution is -0.136. The van der Waals surface area contributed by atoms with Crippen LogP contribution in [0.5, 0.6) is 17.2 Å². The monoisotopic (exact) mass is 574 g/mol. The number of hydrogen-bond acceptors (Lipinski definition) is 5. The van der Waals surface area contributed by atoms with Crippen LogP contribution in [-0.2, 0) is 24.1 Å². The van der Waals surface area contributed by atoms with Crippen LogP contribution in [-0.4, -0.2) is 29.4 Å². The Morgan fingerprint density at radius 3 is 2.27 bits per heavy atom. The summed E-state index contributed by atoms with van der Waals surface area (Å²) in [5, 5.41) is 19.9. The van der Waals surface area contributed by atoms with Gasteiger partial charge in [-0.05, 0) is 65.9 Å². The van der Waals surface area contributed by atoms with Crippen molar-refractivity contribution in [1.29, 1.82) is 0 Å². The van der Waals surface area contributed by atoms with E-state index in [9.17, 15) is 19.4 Å². The van der Waals surface area contributed by atoms with Gasteiger partial charge in [-0.1, -0.05) is 68.4 Å². The van der Waals surface area contributed by atoms with Gasteiger partial charge in [0.25, 0.3) is 0 Å². The number of phenolic OH excluding ortho intramolecular Hbond substituents is 1. The molecule has 0 atom stereocenters. The van der Waals surface area contributed by atoms with Crippen molar-refractivity contribution < 1.29 is 28.9 Å². The van der Waals surface area contributed by atoms with Crippen molar-refractivity contribution in [2.45, 2.75) is 55.7 Å². The molecule has 4 rings (SSSR count). The quantitative estimate of drug-likeness (QED) is 0.147. The third kappa shape index (κ3) is 8.04. The first-order valence-electron chi connectivity index (χ1n) is 13.9. The van der Waals surface area contributed by atoms with E-state index in [-0.39, 0.29) is 18.0 Å². The van der Waals surface area contributed by atoms with Crippen molar-refractivity contribution in [3.05, 3.63) is 101 Å². The molecule has 0 heterocycles. The van der Waals surface area contributed by atoms with Crippen LogP contribution in [0, 0.1) is 5.82 Å². The minimum atomic E-state index is -0.851. The first-order valence-corrected chi connectivity index (χ1v) is 14.7. The molecule has 0 unspecified atom stereocenters. The van der Waals surface area contributed by atoms with E-state index >= 15 is 0 Å². The van der Waals surface area contributed by atoms with Crippen LogP contribution in [0.25, 0.3) is 11.1 Å². The molecule has 7 heteroatoms. The molecular weight excluding hydrogens is 539 g/mol. The maximum atomic E-state index is 13.3. The molecular formula is C34H35FO5S. The maximum Gasteiger partial charge on any atom is 0.307 e. The highest BCUT2D eigenvalue weighted by molar-refractivity contribution is 7.99. The first kappa shape index (κ1) is 30.0. The average Bonchev–Trinajstić information content (AvgIpc) is 2.96. The van der Waals surface area contributed by atoms with Gasteiger partial charge in [-0.3, -0.25) is 4.79 Å². The summed E-state index contributed by atoms with van der Waals surface area (Å²) >= 11 is 1.57. The van der Waals surface area contributed by atoms with E-state index in [1.807, 2.05) is 49.4 Å². The van der Waals surface area contributed by atoms with Crippen LogP contribution in [0.2, 0.25) is 0 Å². The van der Waals surface area contributed by atoms with Crippen LogP contribution >= 0.6 is 11.8 Å². The van der Waals surface area contributed by atoms with E-state index in [1.165, 1.54) is 12.1 Å². The van der Waals surface area contributed by atoms with Gasteiger partial charge < -0.3 is 19.7 Å². The summed E-state index contributed by atoms with van der Waals surface area (Å²) in [5.41, 5.74) is 4.25. The fraction of sp³-hybridized carbons (Fsp3) is 0.265. The van der Waals surface area contributed by atoms with Crippen LogP contribution in [0.1, 0.15) is 43.4 Å². The highest BCUT2D eigenvalue weighted by atomic mass is 32.2. The van der Waals surface area contributed by atoms with Gasteiger partial charge in [0.15, 0.2) is 0 Å². The molecule has 2 N–H and O–H groups in total. The molecule has 0 saturated carbocycles. The normalized spacial score (nSPS) is 10.9. The smallest absolute Gasteiger partial charge is 0.307 e. The number of ether oxygens (including phenoxy) is 2. The number of rotatable bonds is 14. The van der Waals surface area contributed by atoms with Crippen LogP contribution in [0.3, 0.4) is 0 Å². The Morgan fingerprint density at radius 2 is 1.56 bits per heavy atom. The third-order valence-electron chi connectivity index (χ3n) is 6.64. The Morgan fingerprint density at radius 1 is 0.854 bits per heavy atom. The fourth-order valence-corrected chi connectivity index (χ4v) is 5.74. The number of carbonyl (C=O) groups is 1. The fourth-order valence-electron chi connectivity index (χ4n) is 4.61. The molecule has 0 radical (unpaired) electrons. The standard InChI is InChI=1S/C34H35FO5S/c1-3-9-27-30(11-7-13-33(27)41-32-12-6-5-10-25(32)21-34(37)38)39-18-8-19-40-31-22-29(36)28(20-23(31)4-2)24-14-16-26(35)17-15-24/h5-7,10-17,20,22,36H,3-4,8-9,18-19,21H2,1-2H3,(H,37,38). The third-order valence-corrected chi connectivity index (χ3v) is 7.86. The van der Waals surface area contributed by atoms with Gasteiger partial charge in [0.2, 0.25) is 0 Å². The molecule has 0 bridgehead atoms. The lowest BCUT2D eigenvalue weighted by Crippen LogP contribution is -2.07. The molecule has 214 valence electrons. The van der Waals surface area contributed by atoms with E-state index in [4.69, 9.17) is 9.47 Å². The SMILES string of the molecule is CCCc1c(OCCCOc2cc(O)c(-c3ccc(F)cc3)cc2CC)cccc1Sc1ccccc1CC(=O)O. The van der Waals surface area contributed by atoms with Crippen LogP contribution < -0.4 is 9.47 Å². The van der Waals surface area contributed by atoms with E-state index in [0.29, 0.717) is 30.9 Å². The number of aliphatic carboxylic acids is 1. The van der Waals surface area contributed by atoms with Crippen molar-refractivity contribution in [3.8, 4) is 28.4 Å². The van der Waals surface area contributed by atoms with Gasteiger partial charge in [0, 0.05) is 33.4 Å². The van der Waals surface area contributed by atoms with E-state index in [2.05, 4.69) is 13.0 Å². The van der Waals surface area contributed by atoms with Crippen molar-refractivity contribution >= 4 is 17.7 Å². The zero-order chi connectivity index (χ0) is 29.2. The van der Waals surface area contributed by atoms with Crippen molar-refractivity contribution in [1.82, 2.24) is 0 Å². The Balaban J connectivity index is 1.39. The molecule has 0 aliphatic carbocycles. The summed E-state index contributed by atoms with van der Waals surface area (Å²) in [7, 11) is 0. The van der Waals surface area contributed by atoms with E-state index in [1.54, 1.807) is 30.0 Å². The number of carboxylic acids is 1. The van der Waals surface area contributed by atoms with Crippen LogP contribution in [0.4, 0.5) is 4.39 Å². The molecule has 0 aromatic heterocycles. The lowest BCUT2D eigenvalue weighted by atomic mass is 10.00. The molecule has 0 amide bonds. The molecule has 4 aromatic rings. The molecule has 0 fully saturated rings. The molecule has 4 aromatic carbocycles. The first-order chi connectivity index (χ1) is 19.9. The second-order valence-electron chi connectivity index (χ2n) is 9.65. The Hall–Kier alpha value is -3.97. The second-order valence-corrected chi connectivity index (χ2v) is 10.7. The highest BCUT2D eigenvalue weighted by Gasteiger charge is 2.15. The van der Waals surface area contributed by atoms with Gasteiger partial charge in [-0.15, -0.1) is 0 Å². The van der Waals surface area contributed by atoms with Crippen LogP contribution in [0.15, 0.2) is 88.7 Å². The number of hydrogen-bond donors (Lipinski definition) is 2. The molecule has 5 nitrogen and oxygen atoms in total. The number of aryl methyl sites for hydroxylation is 1. The average molecular weight is 575 g/mol. The second kappa shape index (κ2) is 14.6. The number of phenols is 1. The Kier molecular flexibility index (Phi) is 10.7. The Bertz CT molecular complexity index is 1470. The minimum Gasteiger partial charge on any atom is -0.507 e. The van der Waals surface area contributed by atoms with E-state index in [0.717, 1.165) is 57.1 Å². The minimum absolute atomic E-state index is 0.0189. The summed E-state index contributed by atoms with van der Waals surface area (Å²) in [6, 6.07) is 23.2. The zero-order valence-corrected chi connectivity index (χ0v) is 24.2. The molecule has 0 aliphatic rings. The molecule has 0 saturated heterocycles. The number of halogens is 1. The lowest BCUT2D eigenvalue weighted by Gasteiger charge is -2.17. The van der Waals surface area contributed by atoms with Gasteiger partial charge in [-0.2, -0.15) is 0 Å². The molecule has 0 spiro atoms. The molecule has 41 heavy (non-hydrogen) atoms. The largest absolute Gasteiger partial charge is 0.507 e. The topological polar surface area (TPSA) is 76.0 Å². The van der Waals surface area contributed by atoms with Gasteiger partial charge in [0.1, 0.15) is 23.1 Å². The predicted octanol–water partition coefficient (Wildman–Crippen LogP) is 8.34. The predicted molar refractivity (Wildman–Crippen MR) is 161 cm³/mol.